The molecule has 0 bridgehead atoms. The summed E-state index contributed by atoms with van der Waals surface area (Å²) in [5.74, 6) is -1.70. The van der Waals surface area contributed by atoms with Gasteiger partial charge in [0, 0.05) is 6.42 Å². The number of rotatable bonds is 5. The molecule has 1 rings (SSSR count). The number of carbonyl (C=O) groups excluding carboxylic acids is 3. The van der Waals surface area contributed by atoms with Crippen molar-refractivity contribution in [2.75, 3.05) is 0 Å². The molecule has 1 saturated heterocycles. The van der Waals surface area contributed by atoms with E-state index in [2.05, 4.69) is 10.6 Å². The average Bonchev–Trinajstić information content (AvgIpc) is 2.29. The van der Waals surface area contributed by atoms with E-state index in [1.807, 2.05) is 6.92 Å². The van der Waals surface area contributed by atoms with Crippen LogP contribution in [-0.4, -0.2) is 28.8 Å². The van der Waals surface area contributed by atoms with E-state index in [4.69, 9.17) is 18.0 Å². The Kier molecular flexibility index (Phi) is 5.21. The summed E-state index contributed by atoms with van der Waals surface area (Å²) in [6, 6.07) is -0.677. The lowest BCUT2D eigenvalue weighted by Crippen LogP contribution is -2.54. The van der Waals surface area contributed by atoms with Gasteiger partial charge in [0.1, 0.15) is 6.04 Å². The Morgan fingerprint density at radius 3 is 2.78 bits per heavy atom. The van der Waals surface area contributed by atoms with Gasteiger partial charge >= 0.3 is 0 Å². The number of thiocarbonyl (C=S) groups is 1. The highest BCUT2D eigenvalue weighted by Gasteiger charge is 2.30. The first-order chi connectivity index (χ1) is 8.45. The predicted molar refractivity (Wildman–Crippen MR) is 69.5 cm³/mol. The second kappa shape index (κ2) is 6.44. The minimum Gasteiger partial charge on any atom is -0.393 e. The lowest BCUT2D eigenvalue weighted by molar-refractivity contribution is -0.137. The van der Waals surface area contributed by atoms with Gasteiger partial charge in [-0.15, -0.1) is 0 Å². The summed E-state index contributed by atoms with van der Waals surface area (Å²) < 4.78 is 0. The quantitative estimate of drug-likeness (QED) is 0.467. The molecule has 2 unspecified atom stereocenters. The van der Waals surface area contributed by atoms with E-state index < -0.39 is 17.9 Å². The molecular formula is C11H17N3O3S. The van der Waals surface area contributed by atoms with Gasteiger partial charge in [-0.2, -0.15) is 0 Å². The number of nitrogens with two attached hydrogens (primary N) is 1. The van der Waals surface area contributed by atoms with Crippen LogP contribution in [0.4, 0.5) is 0 Å². The van der Waals surface area contributed by atoms with Crippen molar-refractivity contribution in [1.82, 2.24) is 10.6 Å². The molecule has 0 aromatic rings. The molecule has 0 spiro atoms. The van der Waals surface area contributed by atoms with Crippen LogP contribution in [0.3, 0.4) is 0 Å². The number of nitrogens with one attached hydrogen (secondary N) is 2. The fraction of sp³-hybridized carbons (Fsp3) is 0.636. The molecule has 0 aromatic carbocycles. The van der Waals surface area contributed by atoms with Crippen molar-refractivity contribution >= 4 is 34.9 Å². The van der Waals surface area contributed by atoms with E-state index in [9.17, 15) is 14.4 Å². The molecular weight excluding hydrogens is 254 g/mol. The third kappa shape index (κ3) is 3.76. The van der Waals surface area contributed by atoms with E-state index >= 15 is 0 Å². The summed E-state index contributed by atoms with van der Waals surface area (Å²) in [6.07, 6.45) is 1.86. The van der Waals surface area contributed by atoms with Crippen molar-refractivity contribution in [3.8, 4) is 0 Å². The molecule has 1 fully saturated rings. The highest BCUT2D eigenvalue weighted by atomic mass is 32.1. The van der Waals surface area contributed by atoms with E-state index in [0.717, 1.165) is 6.42 Å². The van der Waals surface area contributed by atoms with Crippen molar-refractivity contribution in [2.45, 2.75) is 38.6 Å². The Morgan fingerprint density at radius 1 is 1.61 bits per heavy atom. The largest absolute Gasteiger partial charge is 0.393 e. The smallest absolute Gasteiger partial charge is 0.249 e. The molecule has 0 aliphatic carbocycles. The van der Waals surface area contributed by atoms with Crippen LogP contribution in [0.2, 0.25) is 0 Å². The number of hydrogen-bond acceptors (Lipinski definition) is 4. The van der Waals surface area contributed by atoms with Crippen LogP contribution < -0.4 is 16.4 Å². The summed E-state index contributed by atoms with van der Waals surface area (Å²) in [5.41, 5.74) is 5.50. The minimum atomic E-state index is -0.677. The van der Waals surface area contributed by atoms with Crippen molar-refractivity contribution < 1.29 is 14.4 Å². The topological polar surface area (TPSA) is 101 Å². The Bertz CT molecular complexity index is 384. The molecule has 1 aliphatic heterocycles. The molecule has 6 nitrogen and oxygen atoms in total. The standard InChI is InChI=1S/C11H17N3O3S/c1-2-3-6(9(12)18)10(16)13-7-4-5-8(15)14-11(7)17/h6-7H,2-5H2,1H3,(H2,12,18)(H,13,16)(H,14,15,17). The monoisotopic (exact) mass is 271 g/mol. The molecule has 0 aromatic heterocycles. The van der Waals surface area contributed by atoms with Gasteiger partial charge in [-0.25, -0.2) is 0 Å². The third-order valence-electron chi connectivity index (χ3n) is 2.79. The summed E-state index contributed by atoms with van der Waals surface area (Å²) in [4.78, 5) is 34.5. The molecule has 1 heterocycles. The maximum atomic E-state index is 11.9. The van der Waals surface area contributed by atoms with Gasteiger partial charge in [-0.05, 0) is 12.8 Å². The van der Waals surface area contributed by atoms with Crippen LogP contribution in [0, 0.1) is 5.92 Å². The number of imide groups is 1. The van der Waals surface area contributed by atoms with Crippen LogP contribution in [-0.2, 0) is 14.4 Å². The maximum Gasteiger partial charge on any atom is 0.249 e. The predicted octanol–water partition coefficient (Wildman–Crippen LogP) is -0.390. The maximum absolute atomic E-state index is 11.9. The summed E-state index contributed by atoms with van der Waals surface area (Å²) in [5, 5.41) is 4.76. The van der Waals surface area contributed by atoms with E-state index in [0.29, 0.717) is 12.8 Å². The van der Waals surface area contributed by atoms with Gasteiger partial charge in [0.15, 0.2) is 0 Å². The van der Waals surface area contributed by atoms with Gasteiger partial charge < -0.3 is 11.1 Å². The first kappa shape index (κ1) is 14.6. The first-order valence-electron chi connectivity index (χ1n) is 5.89. The van der Waals surface area contributed by atoms with Crippen LogP contribution in [0.5, 0.6) is 0 Å². The number of hydrogen-bond donors (Lipinski definition) is 3. The molecule has 1 aliphatic rings. The number of carbonyl (C=O) groups is 3. The zero-order chi connectivity index (χ0) is 13.7. The average molecular weight is 271 g/mol. The normalized spacial score (nSPS) is 21.1. The van der Waals surface area contributed by atoms with Crippen LogP contribution in [0.1, 0.15) is 32.6 Å². The van der Waals surface area contributed by atoms with Crippen molar-refractivity contribution in [3.63, 3.8) is 0 Å². The number of piperidine rings is 1. The molecule has 3 amide bonds. The first-order valence-corrected chi connectivity index (χ1v) is 6.30. The minimum absolute atomic E-state index is 0.127. The zero-order valence-electron chi connectivity index (χ0n) is 10.2. The molecule has 2 atom stereocenters. The summed E-state index contributed by atoms with van der Waals surface area (Å²) in [6.45, 7) is 1.92. The second-order valence-electron chi connectivity index (χ2n) is 4.26. The lowest BCUT2D eigenvalue weighted by Gasteiger charge is -2.24. The van der Waals surface area contributed by atoms with Crippen LogP contribution in [0.25, 0.3) is 0 Å². The van der Waals surface area contributed by atoms with Crippen LogP contribution in [0.15, 0.2) is 0 Å². The van der Waals surface area contributed by atoms with Crippen molar-refractivity contribution in [2.24, 2.45) is 11.7 Å². The lowest BCUT2D eigenvalue weighted by atomic mass is 10.0. The molecule has 0 radical (unpaired) electrons. The fourth-order valence-corrected chi connectivity index (χ4v) is 2.02. The Morgan fingerprint density at radius 2 is 2.28 bits per heavy atom. The SMILES string of the molecule is CCCC(C(=O)NC1CCC(=O)NC1=O)C(N)=S. The Balaban J connectivity index is 2.60. The van der Waals surface area contributed by atoms with Gasteiger partial charge in [0.25, 0.3) is 0 Å². The molecule has 0 saturated carbocycles. The Hall–Kier alpha value is -1.50. The van der Waals surface area contributed by atoms with Gasteiger partial charge in [-0.1, -0.05) is 25.6 Å². The molecule has 100 valence electrons. The zero-order valence-corrected chi connectivity index (χ0v) is 11.0. The summed E-state index contributed by atoms with van der Waals surface area (Å²) >= 11 is 4.84. The van der Waals surface area contributed by atoms with Crippen molar-refractivity contribution in [3.05, 3.63) is 0 Å². The van der Waals surface area contributed by atoms with Gasteiger partial charge in [-0.3, -0.25) is 19.7 Å². The third-order valence-corrected chi connectivity index (χ3v) is 3.08. The fourth-order valence-electron chi connectivity index (χ4n) is 1.79. The number of amides is 3. The van der Waals surface area contributed by atoms with Crippen molar-refractivity contribution in [1.29, 1.82) is 0 Å². The van der Waals surface area contributed by atoms with Crippen LogP contribution >= 0.6 is 12.2 Å². The van der Waals surface area contributed by atoms with E-state index in [1.54, 1.807) is 0 Å². The second-order valence-corrected chi connectivity index (χ2v) is 4.73. The van der Waals surface area contributed by atoms with Gasteiger partial charge in [0.05, 0.1) is 10.9 Å². The van der Waals surface area contributed by atoms with Gasteiger partial charge in [0.2, 0.25) is 17.7 Å². The molecule has 4 N–H and O–H groups in total. The molecule has 18 heavy (non-hydrogen) atoms. The Labute approximate surface area is 111 Å². The summed E-state index contributed by atoms with van der Waals surface area (Å²) in [7, 11) is 0. The van der Waals surface area contributed by atoms with E-state index in [-0.39, 0.29) is 23.2 Å². The highest BCUT2D eigenvalue weighted by molar-refractivity contribution is 7.80. The molecule has 7 heteroatoms. The highest BCUT2D eigenvalue weighted by Crippen LogP contribution is 2.10. The van der Waals surface area contributed by atoms with E-state index in [1.165, 1.54) is 0 Å².